The molecule has 316 valence electrons. The molecule has 1 atom stereocenters. The van der Waals surface area contributed by atoms with Gasteiger partial charge in [-0.3, -0.25) is 4.79 Å². The molecule has 5 rings (SSSR count). The van der Waals surface area contributed by atoms with E-state index in [2.05, 4.69) is 121 Å². The Kier molecular flexibility index (Phi) is 13.3. The summed E-state index contributed by atoms with van der Waals surface area (Å²) in [5.74, 6) is 0.176. The van der Waals surface area contributed by atoms with Crippen molar-refractivity contribution < 1.29 is 23.6 Å². The third kappa shape index (κ3) is 10.9. The van der Waals surface area contributed by atoms with Crippen molar-refractivity contribution >= 4 is 57.9 Å². The summed E-state index contributed by atoms with van der Waals surface area (Å²) in [7, 11) is 0. The molecule has 0 bridgehead atoms. The lowest BCUT2D eigenvalue weighted by Crippen LogP contribution is -2.22. The van der Waals surface area contributed by atoms with Crippen molar-refractivity contribution in [2.45, 2.75) is 151 Å². The van der Waals surface area contributed by atoms with Crippen LogP contribution in [0.4, 0.5) is 4.39 Å². The quantitative estimate of drug-likeness (QED) is 0.0595. The first-order valence-corrected chi connectivity index (χ1v) is 23.5. The minimum Gasteiger partial charge on any atom is -0.612 e. The number of ether oxygens (including phenoxy) is 1. The number of carbonyl (C=O) groups excluding carboxylic acids is 1. The fourth-order valence-corrected chi connectivity index (χ4v) is 10.6. The van der Waals surface area contributed by atoms with Crippen LogP contribution in [0.2, 0.25) is 0 Å². The van der Waals surface area contributed by atoms with Crippen LogP contribution in [0.15, 0.2) is 87.0 Å². The molecule has 0 aromatic heterocycles. The second kappa shape index (κ2) is 16.8. The molecule has 1 unspecified atom stereocenters. The van der Waals surface area contributed by atoms with E-state index in [1.54, 1.807) is 35.8 Å². The first-order valence-electron chi connectivity index (χ1n) is 20.3. The summed E-state index contributed by atoms with van der Waals surface area (Å²) >= 11 is 2.48. The number of esters is 1. The van der Waals surface area contributed by atoms with Gasteiger partial charge < -0.3 is 14.4 Å². The van der Waals surface area contributed by atoms with Crippen LogP contribution in [-0.2, 0) is 37.6 Å². The molecule has 1 N–H and O–H groups in total. The lowest BCUT2D eigenvalue weighted by molar-refractivity contribution is -0.133. The van der Waals surface area contributed by atoms with Crippen molar-refractivity contribution in [1.29, 1.82) is 0 Å². The van der Waals surface area contributed by atoms with Gasteiger partial charge in [-0.25, -0.2) is 4.39 Å². The Morgan fingerprint density at radius 3 is 1.61 bits per heavy atom. The van der Waals surface area contributed by atoms with E-state index in [1.165, 1.54) is 12.1 Å². The highest BCUT2D eigenvalue weighted by Gasteiger charge is 2.34. The third-order valence-electron chi connectivity index (χ3n) is 10.6. The van der Waals surface area contributed by atoms with Crippen molar-refractivity contribution in [3.8, 4) is 11.5 Å². The summed E-state index contributed by atoms with van der Waals surface area (Å²) in [4.78, 5) is 17.2. The number of benzene rings is 4. The molecule has 0 heterocycles. The maximum atomic E-state index is 14.8. The Labute approximate surface area is 365 Å². The average molecular weight is 855 g/mol. The number of hydrogen-bond donors (Lipinski definition) is 1. The first-order chi connectivity index (χ1) is 27.0. The van der Waals surface area contributed by atoms with Crippen LogP contribution in [0.3, 0.4) is 0 Å². The number of halogens is 1. The molecule has 8 heteroatoms. The highest BCUT2D eigenvalue weighted by atomic mass is 32.2. The molecule has 4 aromatic carbocycles. The normalized spacial score (nSPS) is 15.2. The van der Waals surface area contributed by atoms with Crippen LogP contribution >= 0.6 is 23.5 Å². The van der Waals surface area contributed by atoms with Gasteiger partial charge in [0.2, 0.25) is 0 Å². The van der Waals surface area contributed by atoms with E-state index in [-0.39, 0.29) is 38.0 Å². The van der Waals surface area contributed by atoms with E-state index in [9.17, 15) is 18.8 Å². The molecule has 0 amide bonds. The van der Waals surface area contributed by atoms with E-state index in [1.807, 2.05) is 37.3 Å². The molecule has 0 saturated heterocycles. The molecule has 59 heavy (non-hydrogen) atoms. The van der Waals surface area contributed by atoms with Crippen molar-refractivity contribution in [2.75, 3.05) is 6.26 Å². The number of carbonyl (C=O) groups is 1. The fourth-order valence-electron chi connectivity index (χ4n) is 7.48. The number of hydrogen-bond acceptors (Lipinski definition) is 6. The summed E-state index contributed by atoms with van der Waals surface area (Å²) in [6.07, 6.45) is 3.66. The van der Waals surface area contributed by atoms with Crippen LogP contribution in [0.1, 0.15) is 149 Å². The Balaban J connectivity index is 1.51. The topological polar surface area (TPSA) is 69.6 Å². The summed E-state index contributed by atoms with van der Waals surface area (Å²) in [6.45, 7) is 32.1. The smallest absolute Gasteiger partial charge is 0.315 e. The van der Waals surface area contributed by atoms with Gasteiger partial charge in [-0.2, -0.15) is 0 Å². The zero-order valence-electron chi connectivity index (χ0n) is 37.9. The number of aromatic hydroxyl groups is 1. The van der Waals surface area contributed by atoms with E-state index < -0.39 is 17.1 Å². The van der Waals surface area contributed by atoms with E-state index in [0.29, 0.717) is 17.1 Å². The van der Waals surface area contributed by atoms with Gasteiger partial charge in [0.15, 0.2) is 4.90 Å². The summed E-state index contributed by atoms with van der Waals surface area (Å²) in [5.41, 5.74) is 7.59. The van der Waals surface area contributed by atoms with Gasteiger partial charge in [0.25, 0.3) is 0 Å². The van der Waals surface area contributed by atoms with Crippen molar-refractivity contribution in [2.24, 2.45) is 0 Å². The van der Waals surface area contributed by atoms with Gasteiger partial charge in [-0.15, -0.1) is 23.5 Å². The van der Waals surface area contributed by atoms with Gasteiger partial charge in [-0.1, -0.05) is 89.2 Å². The Bertz CT molecular complexity index is 2240. The molecule has 1 aliphatic carbocycles. The minimum atomic E-state index is -1.09. The van der Waals surface area contributed by atoms with Gasteiger partial charge >= 0.3 is 5.97 Å². The third-order valence-corrected chi connectivity index (χ3v) is 14.0. The largest absolute Gasteiger partial charge is 0.612 e. The Hall–Kier alpha value is -3.43. The Morgan fingerprint density at radius 2 is 1.17 bits per heavy atom. The number of fused-ring (bicyclic) bond motifs is 1. The van der Waals surface area contributed by atoms with Crippen molar-refractivity contribution in [3.63, 3.8) is 0 Å². The standard InChI is InChI=1S/C51H63FO4S3/c1-30-37(23-31-17-20-35(21-18-31)59(16)55)36-22-19-32(52)24-39(36)38(30)29-44(53)56-46-42(49(8,9)10)27-34(28-43(46)50(11,12)13)58-51(14,15)57-33-25-40(47(2,3)4)45(54)41(26-33)48(5,6)7/h17-28,54H,29H2,1-16H3/b37-23-. The number of phenolic OH excluding ortho intramolecular Hbond substituents is 1. The summed E-state index contributed by atoms with van der Waals surface area (Å²) in [6, 6.07) is 20.9. The molecule has 4 nitrogen and oxygen atoms in total. The van der Waals surface area contributed by atoms with E-state index in [4.69, 9.17) is 4.74 Å². The number of phenols is 1. The highest BCUT2D eigenvalue weighted by Crippen LogP contribution is 2.52. The second-order valence-corrected chi connectivity index (χ2v) is 25.4. The SMILES string of the molecule is CC1=C(CC(=O)Oc2c(C(C)(C)C)cc(SC(C)(C)Sc3cc(C(C)(C)C)c(O)c(C(C)(C)C)c3)cc2C(C)(C)C)c2cc(F)ccc2/C1=C\c1ccc([S+](C)[O-])cc1. The predicted molar refractivity (Wildman–Crippen MR) is 251 cm³/mol. The molecule has 0 spiro atoms. The van der Waals surface area contributed by atoms with Crippen LogP contribution < -0.4 is 4.74 Å². The zero-order valence-corrected chi connectivity index (χ0v) is 40.4. The highest BCUT2D eigenvalue weighted by molar-refractivity contribution is 8.18. The molecule has 0 saturated carbocycles. The molecule has 0 radical (unpaired) electrons. The maximum Gasteiger partial charge on any atom is 0.315 e. The van der Waals surface area contributed by atoms with Crippen LogP contribution in [0.25, 0.3) is 17.2 Å². The molecule has 4 aromatic rings. The van der Waals surface area contributed by atoms with Crippen LogP contribution in [-0.4, -0.2) is 26.0 Å². The number of thioether (sulfide) groups is 2. The van der Waals surface area contributed by atoms with E-state index in [0.717, 1.165) is 64.8 Å². The summed E-state index contributed by atoms with van der Waals surface area (Å²) in [5, 5.41) is 11.4. The monoisotopic (exact) mass is 854 g/mol. The second-order valence-electron chi connectivity index (χ2n) is 20.3. The number of allylic oxidation sites excluding steroid dienone is 2. The molecule has 0 fully saturated rings. The molecule has 1 aliphatic rings. The van der Waals surface area contributed by atoms with Crippen molar-refractivity contribution in [1.82, 2.24) is 0 Å². The van der Waals surface area contributed by atoms with Crippen LogP contribution in [0, 0.1) is 5.82 Å². The van der Waals surface area contributed by atoms with Gasteiger partial charge in [-0.05, 0) is 154 Å². The van der Waals surface area contributed by atoms with Crippen molar-refractivity contribution in [3.05, 3.63) is 117 Å². The molecular formula is C51H63FO4S3. The molecule has 0 aliphatic heterocycles. The first kappa shape index (κ1) is 46.6. The summed E-state index contributed by atoms with van der Waals surface area (Å²) < 4.78 is 33.0. The predicted octanol–water partition coefficient (Wildman–Crippen LogP) is 14.4. The number of rotatable bonds is 9. The maximum absolute atomic E-state index is 14.8. The lowest BCUT2D eigenvalue weighted by atomic mass is 9.79. The van der Waals surface area contributed by atoms with Crippen LogP contribution in [0.5, 0.6) is 11.5 Å². The zero-order chi connectivity index (χ0) is 44.2. The van der Waals surface area contributed by atoms with E-state index >= 15 is 0 Å². The average Bonchev–Trinajstić information content (AvgIpc) is 3.32. The Morgan fingerprint density at radius 1 is 0.712 bits per heavy atom. The van der Waals surface area contributed by atoms with Gasteiger partial charge in [0.05, 0.1) is 10.5 Å². The molecular weight excluding hydrogens is 792 g/mol. The van der Waals surface area contributed by atoms with Gasteiger partial charge in [0.1, 0.15) is 23.6 Å². The lowest BCUT2D eigenvalue weighted by Gasteiger charge is -2.32. The fraction of sp³-hybridized carbons (Fsp3) is 0.431. The van der Waals surface area contributed by atoms with Gasteiger partial charge in [0, 0.05) is 32.0 Å². The minimum absolute atomic E-state index is 0.0273.